The minimum Gasteiger partial charge on any atom is -0.444 e. The zero-order valence-corrected chi connectivity index (χ0v) is 18.6. The van der Waals surface area contributed by atoms with Crippen LogP contribution in [0, 0.1) is 13.8 Å². The third-order valence-electron chi connectivity index (χ3n) is 4.51. The van der Waals surface area contributed by atoms with E-state index in [4.69, 9.17) is 9.47 Å². The monoisotopic (exact) mass is 412 g/mol. The molecule has 2 aromatic carbocycles. The second-order valence-corrected chi connectivity index (χ2v) is 8.38. The number of hydrogen-bond donors (Lipinski definition) is 2. The molecule has 0 aliphatic carbocycles. The Balaban J connectivity index is 2.16. The number of alkyl carbamates (subject to hydrolysis) is 1. The molecule has 0 saturated carbocycles. The van der Waals surface area contributed by atoms with Crippen LogP contribution in [0.1, 0.15) is 44.4 Å². The zero-order chi connectivity index (χ0) is 22.3. The van der Waals surface area contributed by atoms with Crippen molar-refractivity contribution in [2.24, 2.45) is 0 Å². The zero-order valence-electron chi connectivity index (χ0n) is 18.6. The van der Waals surface area contributed by atoms with Crippen LogP contribution >= 0.6 is 0 Å². The van der Waals surface area contributed by atoms with Crippen LogP contribution < -0.4 is 10.6 Å². The molecule has 2 amide bonds. The summed E-state index contributed by atoms with van der Waals surface area (Å²) in [6.07, 6.45) is -1.25. The standard InChI is InChI=1S/C24H32N2O4/c1-16-11-10-12-17(2)20(16)25-22(27)21(26-23(28)30-24(4,5)6)18(3)29-15-19-13-8-7-9-14-19/h7-14,18,21H,15H2,1-6H3,(H,25,27)(H,26,28)/t18-,21-/m1/s1. The van der Waals surface area contributed by atoms with Crippen LogP contribution in [-0.4, -0.2) is 29.7 Å². The summed E-state index contributed by atoms with van der Waals surface area (Å²) >= 11 is 0. The second kappa shape index (κ2) is 10.3. The predicted molar refractivity (Wildman–Crippen MR) is 118 cm³/mol. The lowest BCUT2D eigenvalue weighted by atomic mass is 10.1. The molecule has 0 spiro atoms. The number of carbonyl (C=O) groups is 2. The molecule has 0 fully saturated rings. The lowest BCUT2D eigenvalue weighted by molar-refractivity contribution is -0.122. The highest BCUT2D eigenvalue weighted by atomic mass is 16.6. The Bertz CT molecular complexity index is 839. The van der Waals surface area contributed by atoms with Gasteiger partial charge in [0.2, 0.25) is 5.91 Å². The van der Waals surface area contributed by atoms with Crippen molar-refractivity contribution in [2.45, 2.75) is 65.9 Å². The van der Waals surface area contributed by atoms with Crippen LogP contribution in [0.3, 0.4) is 0 Å². The number of rotatable bonds is 7. The number of carbonyl (C=O) groups excluding carboxylic acids is 2. The number of ether oxygens (including phenoxy) is 2. The largest absolute Gasteiger partial charge is 0.444 e. The van der Waals surface area contributed by atoms with Gasteiger partial charge in [0.1, 0.15) is 11.6 Å². The molecule has 0 aliphatic heterocycles. The quantitative estimate of drug-likeness (QED) is 0.689. The maximum absolute atomic E-state index is 13.1. The highest BCUT2D eigenvalue weighted by molar-refractivity contribution is 5.98. The van der Waals surface area contributed by atoms with E-state index in [9.17, 15) is 9.59 Å². The highest BCUT2D eigenvalue weighted by Gasteiger charge is 2.30. The Hall–Kier alpha value is -2.86. The predicted octanol–water partition coefficient (Wildman–Crippen LogP) is 4.74. The number of hydrogen-bond acceptors (Lipinski definition) is 4. The van der Waals surface area contributed by atoms with E-state index in [1.807, 2.05) is 62.4 Å². The van der Waals surface area contributed by atoms with Crippen molar-refractivity contribution in [3.8, 4) is 0 Å². The SMILES string of the molecule is Cc1cccc(C)c1NC(=O)[C@H](NC(=O)OC(C)(C)C)[C@@H](C)OCc1ccccc1. The number of anilines is 1. The van der Waals surface area contributed by atoms with Crippen molar-refractivity contribution in [1.82, 2.24) is 5.32 Å². The number of nitrogens with one attached hydrogen (secondary N) is 2. The first-order chi connectivity index (χ1) is 14.1. The van der Waals surface area contributed by atoms with Crippen LogP contribution in [0.15, 0.2) is 48.5 Å². The highest BCUT2D eigenvalue weighted by Crippen LogP contribution is 2.20. The lowest BCUT2D eigenvalue weighted by Gasteiger charge is -2.27. The van der Waals surface area contributed by atoms with Crippen molar-refractivity contribution in [1.29, 1.82) is 0 Å². The van der Waals surface area contributed by atoms with Crippen molar-refractivity contribution in [3.63, 3.8) is 0 Å². The molecule has 0 bridgehead atoms. The fourth-order valence-electron chi connectivity index (χ4n) is 2.94. The van der Waals surface area contributed by atoms with Gasteiger partial charge >= 0.3 is 6.09 Å². The van der Waals surface area contributed by atoms with Gasteiger partial charge in [0.25, 0.3) is 0 Å². The number of amides is 2. The first-order valence-electron chi connectivity index (χ1n) is 10.1. The minimum absolute atomic E-state index is 0.325. The summed E-state index contributed by atoms with van der Waals surface area (Å²) in [5.41, 5.74) is 2.92. The van der Waals surface area contributed by atoms with E-state index in [2.05, 4.69) is 10.6 Å². The van der Waals surface area contributed by atoms with Crippen LogP contribution in [0.4, 0.5) is 10.5 Å². The van der Waals surface area contributed by atoms with E-state index >= 15 is 0 Å². The molecule has 0 unspecified atom stereocenters. The molecule has 6 heteroatoms. The van der Waals surface area contributed by atoms with Crippen LogP contribution in [0.5, 0.6) is 0 Å². The average Bonchev–Trinajstić information content (AvgIpc) is 2.66. The van der Waals surface area contributed by atoms with Crippen molar-refractivity contribution in [3.05, 3.63) is 65.2 Å². The Kier molecular flexibility index (Phi) is 8.00. The fraction of sp³-hybridized carbons (Fsp3) is 0.417. The van der Waals surface area contributed by atoms with E-state index in [1.165, 1.54) is 0 Å². The van der Waals surface area contributed by atoms with Gasteiger partial charge in [0.15, 0.2) is 0 Å². The summed E-state index contributed by atoms with van der Waals surface area (Å²) < 4.78 is 11.3. The molecule has 0 aromatic heterocycles. The van der Waals surface area contributed by atoms with Crippen LogP contribution in [-0.2, 0) is 20.9 Å². The first-order valence-corrected chi connectivity index (χ1v) is 10.1. The molecule has 0 radical (unpaired) electrons. The summed E-state index contributed by atoms with van der Waals surface area (Å²) in [7, 11) is 0. The van der Waals surface area contributed by atoms with E-state index in [0.29, 0.717) is 6.61 Å². The number of para-hydroxylation sites is 1. The van der Waals surface area contributed by atoms with E-state index in [0.717, 1.165) is 22.4 Å². The first kappa shape index (κ1) is 23.4. The Labute approximate surface area is 179 Å². The topological polar surface area (TPSA) is 76.7 Å². The Morgan fingerprint density at radius 1 is 0.967 bits per heavy atom. The van der Waals surface area contributed by atoms with Gasteiger partial charge in [-0.3, -0.25) is 4.79 Å². The van der Waals surface area contributed by atoms with Gasteiger partial charge in [0, 0.05) is 5.69 Å². The van der Waals surface area contributed by atoms with Gasteiger partial charge in [0.05, 0.1) is 12.7 Å². The third-order valence-corrected chi connectivity index (χ3v) is 4.51. The average molecular weight is 413 g/mol. The van der Waals surface area contributed by atoms with E-state index in [-0.39, 0.29) is 5.91 Å². The normalized spacial score (nSPS) is 13.3. The molecule has 2 rings (SSSR count). The smallest absolute Gasteiger partial charge is 0.408 e. The fourth-order valence-corrected chi connectivity index (χ4v) is 2.94. The van der Waals surface area contributed by atoms with Crippen molar-refractivity contribution >= 4 is 17.7 Å². The van der Waals surface area contributed by atoms with Crippen LogP contribution in [0.25, 0.3) is 0 Å². The Morgan fingerprint density at radius 3 is 2.13 bits per heavy atom. The van der Waals surface area contributed by atoms with Crippen molar-refractivity contribution in [2.75, 3.05) is 5.32 Å². The Morgan fingerprint density at radius 2 is 1.57 bits per heavy atom. The molecule has 0 aliphatic rings. The third kappa shape index (κ3) is 7.19. The van der Waals surface area contributed by atoms with E-state index in [1.54, 1.807) is 27.7 Å². The molecule has 0 heterocycles. The molecular formula is C24H32N2O4. The molecule has 162 valence electrons. The van der Waals surface area contributed by atoms with Gasteiger partial charge in [-0.15, -0.1) is 0 Å². The molecule has 2 N–H and O–H groups in total. The minimum atomic E-state index is -0.928. The van der Waals surface area contributed by atoms with Crippen LogP contribution in [0.2, 0.25) is 0 Å². The lowest BCUT2D eigenvalue weighted by Crippen LogP contribution is -2.52. The molecule has 2 aromatic rings. The molecule has 30 heavy (non-hydrogen) atoms. The van der Waals surface area contributed by atoms with Gasteiger partial charge in [-0.1, -0.05) is 48.5 Å². The van der Waals surface area contributed by atoms with Gasteiger partial charge < -0.3 is 20.1 Å². The summed E-state index contributed by atoms with van der Waals surface area (Å²) in [5, 5.41) is 5.61. The second-order valence-electron chi connectivity index (χ2n) is 8.38. The summed E-state index contributed by atoms with van der Waals surface area (Å²) in [5.74, 6) is -0.362. The molecule has 2 atom stereocenters. The van der Waals surface area contributed by atoms with Gasteiger partial charge in [-0.2, -0.15) is 0 Å². The maximum atomic E-state index is 13.1. The molecule has 6 nitrogen and oxygen atoms in total. The van der Waals surface area contributed by atoms with Gasteiger partial charge in [-0.25, -0.2) is 4.79 Å². The summed E-state index contributed by atoms with van der Waals surface area (Å²) in [6, 6.07) is 14.5. The maximum Gasteiger partial charge on any atom is 0.408 e. The van der Waals surface area contributed by atoms with E-state index < -0.39 is 23.8 Å². The molecular weight excluding hydrogens is 380 g/mol. The number of benzene rings is 2. The van der Waals surface area contributed by atoms with Crippen molar-refractivity contribution < 1.29 is 19.1 Å². The van der Waals surface area contributed by atoms with Gasteiger partial charge in [-0.05, 0) is 58.2 Å². The summed E-state index contributed by atoms with van der Waals surface area (Å²) in [4.78, 5) is 25.5. The molecule has 0 saturated heterocycles. The number of aryl methyl sites for hydroxylation is 2. The summed E-state index contributed by atoms with van der Waals surface area (Å²) in [6.45, 7) is 11.2.